The molecule has 2 aliphatic rings. The van der Waals surface area contributed by atoms with Gasteiger partial charge in [-0.1, -0.05) is 24.3 Å². The zero-order chi connectivity index (χ0) is 31.0. The molecule has 0 saturated carbocycles. The number of aryl methyl sites for hydroxylation is 1. The number of fused-ring (bicyclic) bond motifs is 1. The van der Waals surface area contributed by atoms with Gasteiger partial charge in [0.25, 0.3) is 6.43 Å². The van der Waals surface area contributed by atoms with Crippen LogP contribution >= 0.6 is 0 Å². The molecule has 0 spiro atoms. The van der Waals surface area contributed by atoms with Crippen molar-refractivity contribution in [2.75, 3.05) is 33.4 Å². The maximum absolute atomic E-state index is 14.1. The van der Waals surface area contributed by atoms with Crippen molar-refractivity contribution in [3.05, 3.63) is 70.3 Å². The summed E-state index contributed by atoms with van der Waals surface area (Å²) in [6.07, 6.45) is -7.37. The summed E-state index contributed by atoms with van der Waals surface area (Å²) in [5, 5.41) is 19.5. The van der Waals surface area contributed by atoms with Gasteiger partial charge in [0, 0.05) is 38.9 Å². The highest BCUT2D eigenvalue weighted by molar-refractivity contribution is 5.86. The summed E-state index contributed by atoms with van der Waals surface area (Å²) in [5.74, 6) is -0.188. The van der Waals surface area contributed by atoms with E-state index in [0.717, 1.165) is 23.3 Å². The summed E-state index contributed by atoms with van der Waals surface area (Å²) in [6, 6.07) is 6.97. The van der Waals surface area contributed by atoms with E-state index in [2.05, 4.69) is 0 Å². The van der Waals surface area contributed by atoms with Gasteiger partial charge in [0.05, 0.1) is 29.1 Å². The molecule has 2 aromatic rings. The fraction of sp³-hybridized carbons (Fsp3) is 0.533. The van der Waals surface area contributed by atoms with E-state index in [0.29, 0.717) is 12.5 Å². The van der Waals surface area contributed by atoms with Crippen molar-refractivity contribution < 1.29 is 41.8 Å². The average molecular weight is 598 g/mol. The number of urea groups is 1. The first-order valence-corrected chi connectivity index (χ1v) is 13.9. The minimum Gasteiger partial charge on any atom is -0.396 e. The second-order valence-corrected chi connectivity index (χ2v) is 11.2. The molecule has 2 aromatic carbocycles. The number of aliphatic hydroxyl groups is 2. The largest absolute Gasteiger partial charge is 0.416 e. The van der Waals surface area contributed by atoms with E-state index in [9.17, 15) is 41.8 Å². The molecule has 2 aliphatic heterocycles. The number of hydrogen-bond donors (Lipinski definition) is 2. The van der Waals surface area contributed by atoms with Crippen molar-refractivity contribution in [3.8, 4) is 0 Å². The van der Waals surface area contributed by atoms with Crippen LogP contribution in [0.25, 0.3) is 0 Å². The van der Waals surface area contributed by atoms with Crippen LogP contribution in [-0.2, 0) is 11.0 Å². The van der Waals surface area contributed by atoms with Crippen LogP contribution in [0.4, 0.5) is 26.7 Å². The summed E-state index contributed by atoms with van der Waals surface area (Å²) < 4.78 is 67.6. The molecule has 2 fully saturated rings. The summed E-state index contributed by atoms with van der Waals surface area (Å²) in [4.78, 5) is 32.3. The lowest BCUT2D eigenvalue weighted by Crippen LogP contribution is -2.57. The number of hydrogen-bond acceptors (Lipinski definition) is 4. The number of carbonyl (C=O) groups excluding carboxylic acids is 2. The van der Waals surface area contributed by atoms with Gasteiger partial charge in [-0.15, -0.1) is 0 Å². The van der Waals surface area contributed by atoms with E-state index in [-0.39, 0.29) is 50.6 Å². The third-order valence-corrected chi connectivity index (χ3v) is 8.85. The van der Waals surface area contributed by atoms with E-state index in [1.165, 1.54) is 18.9 Å². The molecule has 0 bridgehead atoms. The Bertz CT molecular complexity index is 1300. The summed E-state index contributed by atoms with van der Waals surface area (Å²) in [5.41, 5.74) is -1.42. The van der Waals surface area contributed by atoms with Crippen molar-refractivity contribution in [3.63, 3.8) is 0 Å². The molecule has 2 N–H and O–H groups in total. The van der Waals surface area contributed by atoms with Gasteiger partial charge in [-0.25, -0.2) is 13.6 Å². The second kappa shape index (κ2) is 12.2. The minimum absolute atomic E-state index is 0.0806. The Hall–Kier alpha value is -3.25. The Balaban J connectivity index is 1.73. The van der Waals surface area contributed by atoms with Gasteiger partial charge < -0.3 is 24.9 Å². The molecule has 230 valence electrons. The zero-order valence-electron chi connectivity index (χ0n) is 23.7. The Labute approximate surface area is 241 Å². The van der Waals surface area contributed by atoms with Gasteiger partial charge in [-0.05, 0) is 68.0 Å². The highest BCUT2D eigenvalue weighted by atomic mass is 19.4. The molecular formula is C30H36F5N3O4. The Morgan fingerprint density at radius 1 is 1.07 bits per heavy atom. The van der Waals surface area contributed by atoms with E-state index in [4.69, 9.17) is 0 Å². The molecule has 2 saturated heterocycles. The molecule has 12 heteroatoms. The van der Waals surface area contributed by atoms with E-state index in [1.807, 2.05) is 31.2 Å². The van der Waals surface area contributed by atoms with Crippen LogP contribution in [0, 0.1) is 12.3 Å². The molecule has 7 nitrogen and oxygen atoms in total. The van der Waals surface area contributed by atoms with Crippen molar-refractivity contribution >= 4 is 11.9 Å². The van der Waals surface area contributed by atoms with Gasteiger partial charge >= 0.3 is 12.2 Å². The number of amides is 3. The van der Waals surface area contributed by atoms with Gasteiger partial charge in [0.1, 0.15) is 0 Å². The van der Waals surface area contributed by atoms with E-state index >= 15 is 0 Å². The van der Waals surface area contributed by atoms with Crippen LogP contribution in [0.3, 0.4) is 0 Å². The molecule has 0 radical (unpaired) electrons. The first-order valence-electron chi connectivity index (χ1n) is 13.9. The Morgan fingerprint density at radius 2 is 1.69 bits per heavy atom. The Morgan fingerprint density at radius 3 is 2.26 bits per heavy atom. The lowest BCUT2D eigenvalue weighted by molar-refractivity contribution is -0.140. The summed E-state index contributed by atoms with van der Waals surface area (Å²) >= 11 is 0. The van der Waals surface area contributed by atoms with Crippen LogP contribution in [0.5, 0.6) is 0 Å². The van der Waals surface area contributed by atoms with Crippen LogP contribution in [-0.4, -0.2) is 76.2 Å². The van der Waals surface area contributed by atoms with Gasteiger partial charge in [0.2, 0.25) is 5.91 Å². The third kappa shape index (κ3) is 5.83. The van der Waals surface area contributed by atoms with E-state index in [1.54, 1.807) is 9.80 Å². The standard InChI is InChI=1S/C30H36F5N3O4/c1-18-6-4-5-7-23(18)25-24-17-29(8-12-39,9-13-40)27(41)37(24)10-11-38(25)28(42)36(3)19(2)20-14-21(26(31)32)16-22(15-20)30(33,34)35/h4-7,14-16,19,24-26,39-40H,8-13,17H2,1-3H3. The predicted molar refractivity (Wildman–Crippen MR) is 145 cm³/mol. The van der Waals surface area contributed by atoms with Gasteiger partial charge in [-0.3, -0.25) is 4.79 Å². The minimum atomic E-state index is -4.85. The molecular weight excluding hydrogens is 561 g/mol. The van der Waals surface area contributed by atoms with Crippen LogP contribution in [0.2, 0.25) is 0 Å². The SMILES string of the molecule is Cc1ccccc1C1C2CC(CCO)(CCO)C(=O)N2CCN1C(=O)N(C)C(C)c1cc(C(F)F)cc(C(F)(F)F)c1. The molecule has 3 unspecified atom stereocenters. The zero-order valence-corrected chi connectivity index (χ0v) is 23.7. The quantitative estimate of drug-likeness (QED) is 0.396. The van der Waals surface area contributed by atoms with E-state index < -0.39 is 53.3 Å². The lowest BCUT2D eigenvalue weighted by Gasteiger charge is -2.47. The first-order chi connectivity index (χ1) is 19.8. The average Bonchev–Trinajstić information content (AvgIpc) is 3.22. The normalized spacial score (nSPS) is 21.1. The number of nitrogens with zero attached hydrogens (tertiary/aromatic N) is 3. The number of piperazine rings is 1. The fourth-order valence-electron chi connectivity index (χ4n) is 6.44. The second-order valence-electron chi connectivity index (χ2n) is 11.2. The monoisotopic (exact) mass is 597 g/mol. The van der Waals surface area contributed by atoms with Gasteiger partial charge in [-0.2, -0.15) is 13.2 Å². The van der Waals surface area contributed by atoms with Crippen molar-refractivity contribution in [2.45, 2.75) is 63.8 Å². The smallest absolute Gasteiger partial charge is 0.396 e. The molecule has 4 rings (SSSR count). The number of halogens is 5. The summed E-state index contributed by atoms with van der Waals surface area (Å²) in [6.45, 7) is 3.18. The van der Waals surface area contributed by atoms with Crippen molar-refractivity contribution in [2.24, 2.45) is 5.41 Å². The number of aliphatic hydroxyl groups excluding tert-OH is 2. The molecule has 3 atom stereocenters. The highest BCUT2D eigenvalue weighted by Gasteiger charge is 2.56. The molecule has 42 heavy (non-hydrogen) atoms. The van der Waals surface area contributed by atoms with Crippen LogP contribution in [0.1, 0.15) is 72.5 Å². The number of rotatable bonds is 8. The maximum Gasteiger partial charge on any atom is 0.416 e. The molecule has 2 heterocycles. The van der Waals surface area contributed by atoms with Crippen LogP contribution < -0.4 is 0 Å². The number of benzene rings is 2. The lowest BCUT2D eigenvalue weighted by atomic mass is 9.77. The van der Waals surface area contributed by atoms with Crippen LogP contribution in [0.15, 0.2) is 42.5 Å². The third-order valence-electron chi connectivity index (χ3n) is 8.85. The van der Waals surface area contributed by atoms with Crippen molar-refractivity contribution in [1.29, 1.82) is 0 Å². The predicted octanol–water partition coefficient (Wildman–Crippen LogP) is 5.47. The fourth-order valence-corrected chi connectivity index (χ4v) is 6.44. The number of carbonyl (C=O) groups is 2. The highest BCUT2D eigenvalue weighted by Crippen LogP contribution is 2.49. The number of alkyl halides is 5. The molecule has 3 amide bonds. The molecule has 0 aliphatic carbocycles. The van der Waals surface area contributed by atoms with Gasteiger partial charge in [0.15, 0.2) is 0 Å². The first kappa shape index (κ1) is 31.7. The Kier molecular flexibility index (Phi) is 9.17. The van der Waals surface area contributed by atoms with Crippen molar-refractivity contribution in [1.82, 2.24) is 14.7 Å². The summed E-state index contributed by atoms with van der Waals surface area (Å²) in [7, 11) is 1.41. The molecule has 0 aromatic heterocycles. The topological polar surface area (TPSA) is 84.3 Å². The maximum atomic E-state index is 14.1.